The highest BCUT2D eigenvalue weighted by molar-refractivity contribution is 5.95. The summed E-state index contributed by atoms with van der Waals surface area (Å²) in [5.41, 5.74) is -1.51. The van der Waals surface area contributed by atoms with E-state index in [1.54, 1.807) is 0 Å². The largest absolute Gasteiger partial charge is 0.481 e. The minimum Gasteiger partial charge on any atom is -0.481 e. The van der Waals surface area contributed by atoms with E-state index in [4.69, 9.17) is 0 Å². The molecule has 1 aliphatic carbocycles. The van der Waals surface area contributed by atoms with E-state index < -0.39 is 23.3 Å². The van der Waals surface area contributed by atoms with Gasteiger partial charge in [0, 0.05) is 18.7 Å². The van der Waals surface area contributed by atoms with Crippen molar-refractivity contribution in [1.82, 2.24) is 14.7 Å². The van der Waals surface area contributed by atoms with Crippen LogP contribution in [-0.4, -0.2) is 44.8 Å². The molecule has 6 nitrogen and oxygen atoms in total. The third-order valence-electron chi connectivity index (χ3n) is 5.85. The highest BCUT2D eigenvalue weighted by Crippen LogP contribution is 2.49. The van der Waals surface area contributed by atoms with Crippen LogP contribution in [0.3, 0.4) is 0 Å². The molecular weight excluding hydrogens is 375 g/mol. The summed E-state index contributed by atoms with van der Waals surface area (Å²) in [4.78, 5) is 26.2. The van der Waals surface area contributed by atoms with Crippen molar-refractivity contribution in [1.29, 1.82) is 0 Å². The van der Waals surface area contributed by atoms with E-state index in [9.17, 15) is 27.9 Å². The zero-order valence-electron chi connectivity index (χ0n) is 14.8. The van der Waals surface area contributed by atoms with Gasteiger partial charge >= 0.3 is 12.1 Å². The van der Waals surface area contributed by atoms with Gasteiger partial charge in [0.2, 0.25) is 0 Å². The number of carboxylic acid groups (broad SMARTS) is 1. The number of likely N-dealkylation sites (tertiary alicyclic amines) is 1. The van der Waals surface area contributed by atoms with E-state index in [1.165, 1.54) is 29.2 Å². The van der Waals surface area contributed by atoms with Crippen LogP contribution in [0.2, 0.25) is 0 Å². The zero-order valence-corrected chi connectivity index (χ0v) is 14.8. The van der Waals surface area contributed by atoms with E-state index in [2.05, 4.69) is 5.10 Å². The number of hydrogen-bond donors (Lipinski definition) is 1. The molecule has 1 N–H and O–H groups in total. The lowest BCUT2D eigenvalue weighted by atomic mass is 9.81. The van der Waals surface area contributed by atoms with Crippen molar-refractivity contribution in [3.8, 4) is 5.69 Å². The number of halogens is 3. The quantitative estimate of drug-likeness (QED) is 0.869. The lowest BCUT2D eigenvalue weighted by Crippen LogP contribution is -2.37. The predicted octanol–water partition coefficient (Wildman–Crippen LogP) is 3.22. The number of carbonyl (C=O) groups excluding carboxylic acids is 1. The Hall–Kier alpha value is -2.84. The van der Waals surface area contributed by atoms with Crippen molar-refractivity contribution in [3.63, 3.8) is 0 Å². The second kappa shape index (κ2) is 6.35. The number of amides is 1. The molecule has 0 bridgehead atoms. The van der Waals surface area contributed by atoms with Crippen molar-refractivity contribution >= 4 is 11.9 Å². The number of carbonyl (C=O) groups is 2. The van der Waals surface area contributed by atoms with Gasteiger partial charge in [-0.3, -0.25) is 9.59 Å². The maximum absolute atomic E-state index is 13.1. The van der Waals surface area contributed by atoms with Crippen molar-refractivity contribution < 1.29 is 27.9 Å². The lowest BCUT2D eigenvalue weighted by Gasteiger charge is -2.23. The van der Waals surface area contributed by atoms with Gasteiger partial charge in [-0.15, -0.1) is 0 Å². The Labute approximate surface area is 158 Å². The number of fused-ring (bicyclic) bond motifs is 1. The molecular formula is C19H18F3N3O3. The summed E-state index contributed by atoms with van der Waals surface area (Å²) in [6.45, 7) is 0.483. The van der Waals surface area contributed by atoms with Crippen molar-refractivity contribution in [2.24, 2.45) is 11.3 Å². The number of nitrogens with zero attached hydrogens (tertiary/aromatic N) is 3. The molecule has 2 fully saturated rings. The molecule has 1 saturated heterocycles. The van der Waals surface area contributed by atoms with Crippen molar-refractivity contribution in [2.45, 2.75) is 25.4 Å². The fourth-order valence-corrected chi connectivity index (χ4v) is 4.47. The molecule has 2 aliphatic rings. The topological polar surface area (TPSA) is 75.4 Å². The first-order chi connectivity index (χ1) is 13.2. The molecule has 2 aromatic rings. The van der Waals surface area contributed by atoms with E-state index in [1.807, 2.05) is 0 Å². The molecule has 4 rings (SSSR count). The second-order valence-corrected chi connectivity index (χ2v) is 7.41. The van der Waals surface area contributed by atoms with Gasteiger partial charge in [-0.1, -0.05) is 12.5 Å². The Bertz CT molecular complexity index is 940. The standard InChI is InChI=1S/C19H18F3N3O3/c20-19(21,22)15-6-8-23-25(15)14-5-1-3-12(9-14)16(26)24-10-13-4-2-7-18(13,11-24)17(27)28/h1,3,5-6,8-9,13H,2,4,7,10-11H2,(H,27,28)/t13-,18+/m0/s1. The van der Waals surface area contributed by atoms with Gasteiger partial charge in [0.05, 0.1) is 17.3 Å². The van der Waals surface area contributed by atoms with Gasteiger partial charge in [0.1, 0.15) is 5.69 Å². The summed E-state index contributed by atoms with van der Waals surface area (Å²) in [6.07, 6.45) is -1.39. The molecule has 1 aliphatic heterocycles. The van der Waals surface area contributed by atoms with Gasteiger partial charge in [-0.05, 0) is 43.0 Å². The molecule has 148 valence electrons. The first-order valence-electron chi connectivity index (χ1n) is 8.97. The first-order valence-corrected chi connectivity index (χ1v) is 8.97. The van der Waals surface area contributed by atoms with Crippen LogP contribution in [0.25, 0.3) is 5.69 Å². The Kier molecular flexibility index (Phi) is 4.20. The number of aliphatic carboxylic acids is 1. The lowest BCUT2D eigenvalue weighted by molar-refractivity contribution is -0.149. The summed E-state index contributed by atoms with van der Waals surface area (Å²) >= 11 is 0. The van der Waals surface area contributed by atoms with Gasteiger partial charge in [-0.25, -0.2) is 4.68 Å². The van der Waals surface area contributed by atoms with E-state index in [0.717, 1.165) is 29.8 Å². The molecule has 9 heteroatoms. The zero-order chi connectivity index (χ0) is 20.1. The molecule has 2 atom stereocenters. The first kappa shape index (κ1) is 18.5. The Morgan fingerprint density at radius 2 is 2.04 bits per heavy atom. The van der Waals surface area contributed by atoms with Crippen molar-refractivity contribution in [3.05, 3.63) is 47.8 Å². The van der Waals surface area contributed by atoms with Crippen LogP contribution in [-0.2, 0) is 11.0 Å². The van der Waals surface area contributed by atoms with Crippen LogP contribution in [0.15, 0.2) is 36.5 Å². The number of alkyl halides is 3. The van der Waals surface area contributed by atoms with Crippen molar-refractivity contribution in [2.75, 3.05) is 13.1 Å². The van der Waals surface area contributed by atoms with Gasteiger partial charge in [-0.2, -0.15) is 18.3 Å². The number of rotatable bonds is 3. The maximum Gasteiger partial charge on any atom is 0.433 e. The normalized spacial score (nSPS) is 24.4. The Morgan fingerprint density at radius 3 is 2.71 bits per heavy atom. The second-order valence-electron chi connectivity index (χ2n) is 7.41. The Balaban J connectivity index is 1.62. The minimum absolute atomic E-state index is 0.0833. The molecule has 28 heavy (non-hydrogen) atoms. The Morgan fingerprint density at radius 1 is 1.25 bits per heavy atom. The fraction of sp³-hybridized carbons (Fsp3) is 0.421. The van der Waals surface area contributed by atoms with Crippen LogP contribution < -0.4 is 0 Å². The third kappa shape index (κ3) is 2.85. The third-order valence-corrected chi connectivity index (χ3v) is 5.85. The van der Waals surface area contributed by atoms with E-state index >= 15 is 0 Å². The summed E-state index contributed by atoms with van der Waals surface area (Å²) in [7, 11) is 0. The molecule has 0 unspecified atom stereocenters. The average molecular weight is 393 g/mol. The number of aromatic nitrogens is 2. The van der Waals surface area contributed by atoms with Crippen LogP contribution in [0.1, 0.15) is 35.3 Å². The van der Waals surface area contributed by atoms with Crippen LogP contribution in [0.5, 0.6) is 0 Å². The minimum atomic E-state index is -4.57. The number of benzene rings is 1. The summed E-state index contributed by atoms with van der Waals surface area (Å²) < 4.78 is 40.1. The monoisotopic (exact) mass is 393 g/mol. The molecule has 1 saturated carbocycles. The molecule has 1 aromatic heterocycles. The van der Waals surface area contributed by atoms with Crippen LogP contribution in [0, 0.1) is 11.3 Å². The summed E-state index contributed by atoms with van der Waals surface area (Å²) in [6, 6.07) is 6.67. The van der Waals surface area contributed by atoms with Gasteiger partial charge in [0.25, 0.3) is 5.91 Å². The molecule has 1 aromatic carbocycles. The maximum atomic E-state index is 13.1. The SMILES string of the molecule is O=C(c1cccc(-n2nccc2C(F)(F)F)c1)N1C[C@@H]2CCC[C@@]2(C(=O)O)C1. The van der Waals surface area contributed by atoms with E-state index in [0.29, 0.717) is 13.0 Å². The average Bonchev–Trinajstić information content (AvgIpc) is 3.34. The smallest absolute Gasteiger partial charge is 0.433 e. The number of hydrogen-bond acceptors (Lipinski definition) is 3. The van der Waals surface area contributed by atoms with Gasteiger partial charge in [0.15, 0.2) is 0 Å². The summed E-state index contributed by atoms with van der Waals surface area (Å²) in [5, 5.41) is 13.4. The van der Waals surface area contributed by atoms with Crippen LogP contribution in [0.4, 0.5) is 13.2 Å². The highest BCUT2D eigenvalue weighted by atomic mass is 19.4. The molecule has 2 heterocycles. The fourth-order valence-electron chi connectivity index (χ4n) is 4.47. The molecule has 0 spiro atoms. The predicted molar refractivity (Wildman–Crippen MR) is 91.9 cm³/mol. The summed E-state index contributed by atoms with van der Waals surface area (Å²) in [5.74, 6) is -1.34. The molecule has 0 radical (unpaired) electrons. The highest BCUT2D eigenvalue weighted by Gasteiger charge is 2.55. The van der Waals surface area contributed by atoms with Gasteiger partial charge < -0.3 is 10.0 Å². The van der Waals surface area contributed by atoms with Crippen LogP contribution >= 0.6 is 0 Å². The number of carboxylic acids is 1. The van der Waals surface area contributed by atoms with E-state index in [-0.39, 0.29) is 29.6 Å². The molecule has 1 amide bonds.